The molecule has 1 rings (SSSR count). The number of ketones is 1. The van der Waals surface area contributed by atoms with E-state index in [4.69, 9.17) is 21.1 Å². The number of nitrogens with zero attached hydrogens (tertiary/aromatic N) is 1. The van der Waals surface area contributed by atoms with Crippen LogP contribution >= 0.6 is 22.9 Å². The molecule has 1 aromatic rings. The van der Waals surface area contributed by atoms with Crippen LogP contribution in [0.5, 0.6) is 0 Å². The minimum Gasteiger partial charge on any atom is -0.383 e. The van der Waals surface area contributed by atoms with Gasteiger partial charge in [0.05, 0.1) is 28.5 Å². The first-order valence-corrected chi connectivity index (χ1v) is 7.73. The van der Waals surface area contributed by atoms with E-state index in [1.807, 2.05) is 13.8 Å². The highest BCUT2D eigenvalue weighted by molar-refractivity contribution is 7.18. The summed E-state index contributed by atoms with van der Waals surface area (Å²) in [6, 6.07) is 3.44. The number of Topliss-reactive ketones (excluding diaryl/α,β-unsaturated/α-hetero) is 1. The maximum Gasteiger partial charge on any atom is 0.189 e. The van der Waals surface area contributed by atoms with Crippen LogP contribution in [0.25, 0.3) is 0 Å². The summed E-state index contributed by atoms with van der Waals surface area (Å²) in [7, 11) is 3.32. The summed E-state index contributed by atoms with van der Waals surface area (Å²) < 4.78 is 11.0. The molecule has 0 fully saturated rings. The maximum absolute atomic E-state index is 12.5. The quantitative estimate of drug-likeness (QED) is 0.656. The van der Waals surface area contributed by atoms with Gasteiger partial charge in [0.2, 0.25) is 0 Å². The van der Waals surface area contributed by atoms with E-state index in [-0.39, 0.29) is 17.9 Å². The zero-order chi connectivity index (χ0) is 15.1. The molecule has 2 unspecified atom stereocenters. The summed E-state index contributed by atoms with van der Waals surface area (Å²) in [5, 5.41) is 0. The van der Waals surface area contributed by atoms with E-state index in [1.165, 1.54) is 11.3 Å². The van der Waals surface area contributed by atoms with Crippen LogP contribution in [-0.4, -0.2) is 56.7 Å². The van der Waals surface area contributed by atoms with Gasteiger partial charge in [0.25, 0.3) is 0 Å². The van der Waals surface area contributed by atoms with Crippen molar-refractivity contribution >= 4 is 28.7 Å². The number of hydrogen-bond acceptors (Lipinski definition) is 5. The highest BCUT2D eigenvalue weighted by Crippen LogP contribution is 2.24. The van der Waals surface area contributed by atoms with Crippen molar-refractivity contribution < 1.29 is 14.3 Å². The molecule has 1 aromatic heterocycles. The topological polar surface area (TPSA) is 38.8 Å². The summed E-state index contributed by atoms with van der Waals surface area (Å²) in [6.45, 7) is 5.80. The molecule has 0 N–H and O–H groups in total. The van der Waals surface area contributed by atoms with Crippen molar-refractivity contribution in [1.29, 1.82) is 0 Å². The van der Waals surface area contributed by atoms with Gasteiger partial charge < -0.3 is 9.47 Å². The van der Waals surface area contributed by atoms with E-state index in [1.54, 1.807) is 26.4 Å². The van der Waals surface area contributed by atoms with E-state index in [9.17, 15) is 4.79 Å². The molecule has 0 amide bonds. The molecule has 20 heavy (non-hydrogen) atoms. The van der Waals surface area contributed by atoms with Crippen LogP contribution < -0.4 is 0 Å². The van der Waals surface area contributed by atoms with Gasteiger partial charge in [-0.25, -0.2) is 0 Å². The van der Waals surface area contributed by atoms with Crippen molar-refractivity contribution in [2.24, 2.45) is 0 Å². The molecule has 6 heteroatoms. The molecule has 0 radical (unpaired) electrons. The molecule has 0 aliphatic carbocycles. The van der Waals surface area contributed by atoms with E-state index >= 15 is 0 Å². The zero-order valence-electron chi connectivity index (χ0n) is 12.4. The second-order valence-corrected chi connectivity index (χ2v) is 6.39. The van der Waals surface area contributed by atoms with Crippen molar-refractivity contribution in [1.82, 2.24) is 4.90 Å². The number of rotatable bonds is 9. The lowest BCUT2D eigenvalue weighted by Gasteiger charge is -2.33. The van der Waals surface area contributed by atoms with Crippen molar-refractivity contribution in [2.45, 2.75) is 25.9 Å². The standard InChI is InChI=1S/C14H22ClNO3S/c1-10(9-19-4)16(7-8-18-3)11(2)14(17)12-5-6-13(15)20-12/h5-6,10-11H,7-9H2,1-4H3. The van der Waals surface area contributed by atoms with Crippen LogP contribution in [0.15, 0.2) is 12.1 Å². The summed E-state index contributed by atoms with van der Waals surface area (Å²) >= 11 is 7.21. The fourth-order valence-corrected chi connectivity index (χ4v) is 3.20. The first-order valence-electron chi connectivity index (χ1n) is 6.54. The molecule has 0 saturated carbocycles. The number of hydrogen-bond donors (Lipinski definition) is 0. The van der Waals surface area contributed by atoms with Gasteiger partial charge in [0.1, 0.15) is 0 Å². The minimum atomic E-state index is -0.231. The second-order valence-electron chi connectivity index (χ2n) is 4.68. The van der Waals surface area contributed by atoms with Crippen LogP contribution in [0.1, 0.15) is 23.5 Å². The molecule has 0 bridgehead atoms. The molecule has 4 nitrogen and oxygen atoms in total. The Kier molecular flexibility index (Phi) is 7.69. The molecule has 0 spiro atoms. The Morgan fingerprint density at radius 3 is 2.55 bits per heavy atom. The summed E-state index contributed by atoms with van der Waals surface area (Å²) in [5.41, 5.74) is 0. The molecule has 0 aliphatic heterocycles. The Morgan fingerprint density at radius 1 is 1.35 bits per heavy atom. The summed E-state index contributed by atoms with van der Waals surface area (Å²) in [5.74, 6) is 0.0842. The SMILES string of the molecule is COCCN(C(C)COC)C(C)C(=O)c1ccc(Cl)s1. The Labute approximate surface area is 129 Å². The first-order chi connectivity index (χ1) is 9.51. The lowest BCUT2D eigenvalue weighted by atomic mass is 10.1. The number of carbonyl (C=O) groups is 1. The van der Waals surface area contributed by atoms with Crippen LogP contribution in [0.3, 0.4) is 0 Å². The predicted molar refractivity (Wildman–Crippen MR) is 83.0 cm³/mol. The van der Waals surface area contributed by atoms with Crippen LogP contribution in [0.2, 0.25) is 4.34 Å². The van der Waals surface area contributed by atoms with Crippen molar-refractivity contribution in [3.8, 4) is 0 Å². The first kappa shape index (κ1) is 17.6. The van der Waals surface area contributed by atoms with E-state index < -0.39 is 0 Å². The third-order valence-corrected chi connectivity index (χ3v) is 4.47. The molecule has 2 atom stereocenters. The monoisotopic (exact) mass is 319 g/mol. The van der Waals surface area contributed by atoms with Gasteiger partial charge in [-0.05, 0) is 26.0 Å². The van der Waals surface area contributed by atoms with Gasteiger partial charge in [0, 0.05) is 26.8 Å². The minimum absolute atomic E-state index is 0.0842. The highest BCUT2D eigenvalue weighted by atomic mass is 35.5. The second kappa shape index (κ2) is 8.74. The number of methoxy groups -OCH3 is 2. The van der Waals surface area contributed by atoms with Crippen molar-refractivity contribution in [3.63, 3.8) is 0 Å². The predicted octanol–water partition coefficient (Wildman–Crippen LogP) is 2.96. The maximum atomic E-state index is 12.5. The van der Waals surface area contributed by atoms with Gasteiger partial charge in [-0.3, -0.25) is 9.69 Å². The molecule has 0 aromatic carbocycles. The lowest BCUT2D eigenvalue weighted by Crippen LogP contribution is -2.47. The fraction of sp³-hybridized carbons (Fsp3) is 0.643. The Bertz CT molecular complexity index is 424. The largest absolute Gasteiger partial charge is 0.383 e. The van der Waals surface area contributed by atoms with Gasteiger partial charge >= 0.3 is 0 Å². The zero-order valence-corrected chi connectivity index (χ0v) is 14.0. The summed E-state index contributed by atoms with van der Waals surface area (Å²) in [6.07, 6.45) is 0. The van der Waals surface area contributed by atoms with E-state index in [2.05, 4.69) is 4.90 Å². The Balaban J connectivity index is 2.80. The van der Waals surface area contributed by atoms with Gasteiger partial charge in [-0.1, -0.05) is 11.6 Å². The highest BCUT2D eigenvalue weighted by Gasteiger charge is 2.27. The van der Waals surface area contributed by atoms with Gasteiger partial charge in [-0.15, -0.1) is 11.3 Å². The molecular formula is C14H22ClNO3S. The van der Waals surface area contributed by atoms with Crippen molar-refractivity contribution in [2.75, 3.05) is 34.0 Å². The summed E-state index contributed by atoms with van der Waals surface area (Å²) in [4.78, 5) is 15.3. The third-order valence-electron chi connectivity index (χ3n) is 3.22. The van der Waals surface area contributed by atoms with Crippen LogP contribution in [0, 0.1) is 0 Å². The van der Waals surface area contributed by atoms with Crippen LogP contribution in [-0.2, 0) is 9.47 Å². The normalized spacial score (nSPS) is 14.5. The molecular weight excluding hydrogens is 298 g/mol. The number of carbonyl (C=O) groups excluding carboxylic acids is 1. The Morgan fingerprint density at radius 2 is 2.05 bits per heavy atom. The third kappa shape index (κ3) is 4.82. The molecule has 0 saturated heterocycles. The smallest absolute Gasteiger partial charge is 0.189 e. The number of thiophene rings is 1. The molecule has 114 valence electrons. The average Bonchev–Trinajstić information content (AvgIpc) is 2.85. The van der Waals surface area contributed by atoms with Crippen LogP contribution in [0.4, 0.5) is 0 Å². The van der Waals surface area contributed by atoms with Crippen molar-refractivity contribution in [3.05, 3.63) is 21.3 Å². The van der Waals surface area contributed by atoms with Gasteiger partial charge in [-0.2, -0.15) is 0 Å². The van der Waals surface area contributed by atoms with E-state index in [0.717, 1.165) is 0 Å². The fourth-order valence-electron chi connectivity index (χ4n) is 2.13. The van der Waals surface area contributed by atoms with Gasteiger partial charge in [0.15, 0.2) is 5.78 Å². The molecule has 0 aliphatic rings. The van der Waals surface area contributed by atoms with E-state index in [0.29, 0.717) is 29.0 Å². The Hall–Kier alpha value is -0.460. The number of halogens is 1. The number of ether oxygens (including phenoxy) is 2. The molecule has 1 heterocycles. The lowest BCUT2D eigenvalue weighted by molar-refractivity contribution is 0.0456. The average molecular weight is 320 g/mol.